The summed E-state index contributed by atoms with van der Waals surface area (Å²) in [5, 5.41) is 3.08. The van der Waals surface area contributed by atoms with Crippen molar-refractivity contribution in [3.8, 4) is 17.2 Å². The van der Waals surface area contributed by atoms with Crippen molar-refractivity contribution < 1.29 is 28.6 Å². The standard InChI is InChI=1S/C36H28N2O6/c1-2-42-27-14-8-5-11-24(27)33(40)30-31(32(39)22-15-16-28-29(19-22)44-20-43-28)38-18-17-21-9-3-4-10-23(21)34(38)36(30)25-12-6-7-13-26(25)37-35(36)41/h3-19,30-31,34H,2,20H2,1H3,(H,37,41)/t30-,31+,34-,36+/m0/s1. The molecular formula is C36H28N2O6. The number of ether oxygens (including phenoxy) is 3. The van der Waals surface area contributed by atoms with Gasteiger partial charge in [-0.3, -0.25) is 14.4 Å². The zero-order valence-corrected chi connectivity index (χ0v) is 23.9. The van der Waals surface area contributed by atoms with Crippen LogP contribution in [-0.2, 0) is 10.2 Å². The Morgan fingerprint density at radius 1 is 0.932 bits per heavy atom. The first-order valence-electron chi connectivity index (χ1n) is 14.7. The molecule has 4 aromatic rings. The first-order chi connectivity index (χ1) is 21.5. The van der Waals surface area contributed by atoms with Crippen LogP contribution in [0.5, 0.6) is 17.2 Å². The number of fused-ring (bicyclic) bond motifs is 7. The van der Waals surface area contributed by atoms with Gasteiger partial charge < -0.3 is 24.4 Å². The van der Waals surface area contributed by atoms with Crippen molar-refractivity contribution in [1.29, 1.82) is 0 Å². The molecule has 1 fully saturated rings. The van der Waals surface area contributed by atoms with Crippen LogP contribution < -0.4 is 19.5 Å². The number of carbonyl (C=O) groups is 3. The number of nitrogens with zero attached hydrogens (tertiary/aromatic N) is 1. The number of benzene rings is 4. The number of hydrogen-bond donors (Lipinski definition) is 1. The molecule has 4 aliphatic rings. The van der Waals surface area contributed by atoms with Crippen LogP contribution in [0.25, 0.3) is 6.08 Å². The fraction of sp³-hybridized carbons (Fsp3) is 0.194. The Balaban J connectivity index is 1.41. The summed E-state index contributed by atoms with van der Waals surface area (Å²) in [6.45, 7) is 2.28. The fourth-order valence-electron chi connectivity index (χ4n) is 7.51. The molecule has 0 unspecified atom stereocenters. The highest BCUT2D eigenvalue weighted by molar-refractivity contribution is 6.17. The van der Waals surface area contributed by atoms with Gasteiger partial charge in [-0.15, -0.1) is 0 Å². The molecule has 1 N–H and O–H groups in total. The maximum absolute atomic E-state index is 15.1. The van der Waals surface area contributed by atoms with Gasteiger partial charge in [0.1, 0.15) is 17.2 Å². The molecule has 4 atom stereocenters. The first kappa shape index (κ1) is 26.3. The Morgan fingerprint density at radius 3 is 2.59 bits per heavy atom. The number of Topliss-reactive ketones (excluding diaryl/α,β-unsaturated/α-hetero) is 2. The lowest BCUT2D eigenvalue weighted by molar-refractivity contribution is -0.122. The second-order valence-corrected chi connectivity index (χ2v) is 11.3. The lowest BCUT2D eigenvalue weighted by Gasteiger charge is -2.38. The number of ketones is 2. The summed E-state index contributed by atoms with van der Waals surface area (Å²) in [6.07, 6.45) is 3.81. The van der Waals surface area contributed by atoms with Gasteiger partial charge in [-0.2, -0.15) is 0 Å². The van der Waals surface area contributed by atoms with Crippen molar-refractivity contribution in [2.45, 2.75) is 24.4 Å². The molecule has 0 radical (unpaired) electrons. The molecule has 0 aromatic heterocycles. The van der Waals surface area contributed by atoms with Crippen LogP contribution in [0.3, 0.4) is 0 Å². The van der Waals surface area contributed by atoms with Crippen molar-refractivity contribution in [1.82, 2.24) is 4.90 Å². The molecule has 1 amide bonds. The summed E-state index contributed by atoms with van der Waals surface area (Å²) < 4.78 is 17.0. The summed E-state index contributed by atoms with van der Waals surface area (Å²) in [5.74, 6) is -0.612. The van der Waals surface area contributed by atoms with E-state index in [9.17, 15) is 9.59 Å². The summed E-state index contributed by atoms with van der Waals surface area (Å²) >= 11 is 0. The molecular weight excluding hydrogens is 556 g/mol. The summed E-state index contributed by atoms with van der Waals surface area (Å²) in [5.41, 5.74) is 2.40. The number of para-hydroxylation sites is 2. The van der Waals surface area contributed by atoms with Gasteiger partial charge in [0.15, 0.2) is 23.1 Å². The van der Waals surface area contributed by atoms with Gasteiger partial charge >= 0.3 is 0 Å². The normalized spacial score (nSPS) is 23.6. The Morgan fingerprint density at radius 2 is 1.70 bits per heavy atom. The van der Waals surface area contributed by atoms with Gasteiger partial charge in [0.25, 0.3) is 0 Å². The van der Waals surface area contributed by atoms with Crippen molar-refractivity contribution in [2.24, 2.45) is 5.92 Å². The number of amides is 1. The number of anilines is 1. The van der Waals surface area contributed by atoms with Gasteiger partial charge in [-0.1, -0.05) is 54.6 Å². The van der Waals surface area contributed by atoms with Gasteiger partial charge in [-0.25, -0.2) is 0 Å². The van der Waals surface area contributed by atoms with E-state index in [4.69, 9.17) is 14.2 Å². The monoisotopic (exact) mass is 584 g/mol. The second kappa shape index (κ2) is 9.84. The summed E-state index contributed by atoms with van der Waals surface area (Å²) in [6, 6.07) is 25.8. The molecule has 8 nitrogen and oxygen atoms in total. The van der Waals surface area contributed by atoms with Crippen LogP contribution in [0.1, 0.15) is 50.4 Å². The molecule has 218 valence electrons. The molecule has 1 saturated heterocycles. The minimum Gasteiger partial charge on any atom is -0.493 e. The zero-order valence-electron chi connectivity index (χ0n) is 23.9. The smallest absolute Gasteiger partial charge is 0.238 e. The topological polar surface area (TPSA) is 94.2 Å². The average Bonchev–Trinajstić information content (AvgIpc) is 3.74. The highest BCUT2D eigenvalue weighted by Gasteiger charge is 2.71. The average molecular weight is 585 g/mol. The van der Waals surface area contributed by atoms with Crippen LogP contribution in [0.2, 0.25) is 0 Å². The van der Waals surface area contributed by atoms with Gasteiger partial charge in [0.2, 0.25) is 12.7 Å². The van der Waals surface area contributed by atoms with E-state index in [0.29, 0.717) is 46.2 Å². The third-order valence-electron chi connectivity index (χ3n) is 9.23. The van der Waals surface area contributed by atoms with E-state index in [1.807, 2.05) is 72.6 Å². The third kappa shape index (κ3) is 3.54. The molecule has 8 heteroatoms. The Bertz CT molecular complexity index is 1900. The highest BCUT2D eigenvalue weighted by Crippen LogP contribution is 2.62. The second-order valence-electron chi connectivity index (χ2n) is 11.3. The minimum absolute atomic E-state index is 0.0690. The molecule has 0 aliphatic carbocycles. The maximum Gasteiger partial charge on any atom is 0.238 e. The SMILES string of the molecule is CCOc1ccccc1C(=O)[C@@H]1[C@H](C(=O)c2ccc3c(c2)OCO3)N2C=Cc3ccccc3[C@H]2[C@]12C(=O)Nc1ccccc12. The number of hydrogen-bond acceptors (Lipinski definition) is 7. The molecule has 4 heterocycles. The van der Waals surface area contributed by atoms with E-state index in [2.05, 4.69) is 5.32 Å². The Labute approximate surface area is 253 Å². The highest BCUT2D eigenvalue weighted by atomic mass is 16.7. The minimum atomic E-state index is -1.43. The molecule has 4 aromatic carbocycles. The predicted octanol–water partition coefficient (Wildman–Crippen LogP) is 5.80. The van der Waals surface area contributed by atoms with Crippen LogP contribution in [0.15, 0.2) is 97.2 Å². The van der Waals surface area contributed by atoms with E-state index in [1.54, 1.807) is 42.5 Å². The van der Waals surface area contributed by atoms with E-state index in [0.717, 1.165) is 11.1 Å². The zero-order chi connectivity index (χ0) is 30.0. The summed E-state index contributed by atoms with van der Waals surface area (Å²) in [7, 11) is 0. The Hall–Kier alpha value is -5.37. The molecule has 4 aliphatic heterocycles. The molecule has 8 rings (SSSR count). The van der Waals surface area contributed by atoms with Crippen LogP contribution in [0.4, 0.5) is 5.69 Å². The maximum atomic E-state index is 15.1. The number of carbonyl (C=O) groups excluding carboxylic acids is 3. The lowest BCUT2D eigenvalue weighted by Crippen LogP contribution is -2.49. The van der Waals surface area contributed by atoms with E-state index in [-0.39, 0.29) is 24.3 Å². The first-order valence-corrected chi connectivity index (χ1v) is 14.7. The van der Waals surface area contributed by atoms with E-state index in [1.165, 1.54) is 0 Å². The quantitative estimate of drug-likeness (QED) is 0.287. The lowest BCUT2D eigenvalue weighted by atomic mass is 9.62. The molecule has 44 heavy (non-hydrogen) atoms. The molecule has 0 saturated carbocycles. The molecule has 0 bridgehead atoms. The van der Waals surface area contributed by atoms with Gasteiger partial charge in [-0.05, 0) is 66.1 Å². The Kier molecular flexibility index (Phi) is 5.88. The van der Waals surface area contributed by atoms with Gasteiger partial charge in [0, 0.05) is 17.5 Å². The predicted molar refractivity (Wildman–Crippen MR) is 163 cm³/mol. The van der Waals surface area contributed by atoms with E-state index >= 15 is 4.79 Å². The van der Waals surface area contributed by atoms with Crippen LogP contribution in [0, 0.1) is 5.92 Å². The van der Waals surface area contributed by atoms with Crippen LogP contribution >= 0.6 is 0 Å². The van der Waals surface area contributed by atoms with Crippen molar-refractivity contribution >= 4 is 29.2 Å². The van der Waals surface area contributed by atoms with E-state index < -0.39 is 23.4 Å². The van der Waals surface area contributed by atoms with Crippen molar-refractivity contribution in [3.63, 3.8) is 0 Å². The van der Waals surface area contributed by atoms with Crippen molar-refractivity contribution in [2.75, 3.05) is 18.7 Å². The number of nitrogens with one attached hydrogen (secondary N) is 1. The summed E-state index contributed by atoms with van der Waals surface area (Å²) in [4.78, 5) is 46.5. The van der Waals surface area contributed by atoms with Crippen LogP contribution in [-0.4, -0.2) is 41.8 Å². The third-order valence-corrected chi connectivity index (χ3v) is 9.23. The largest absolute Gasteiger partial charge is 0.493 e. The molecule has 1 spiro atoms. The van der Waals surface area contributed by atoms with Gasteiger partial charge in [0.05, 0.1) is 24.1 Å². The fourth-order valence-corrected chi connectivity index (χ4v) is 7.51. The number of rotatable bonds is 6. The van der Waals surface area contributed by atoms with Crippen molar-refractivity contribution in [3.05, 3.63) is 125 Å².